The number of anilines is 1. The molecule has 0 aliphatic heterocycles. The minimum absolute atomic E-state index is 0.00387. The molecule has 0 aromatic heterocycles. The smallest absolute Gasteiger partial charge is 0.255 e. The van der Waals surface area contributed by atoms with E-state index in [0.717, 1.165) is 10.7 Å². The van der Waals surface area contributed by atoms with Gasteiger partial charge in [-0.15, -0.1) is 0 Å². The van der Waals surface area contributed by atoms with Gasteiger partial charge < -0.3 is 10.6 Å². The molecule has 0 bridgehead atoms. The van der Waals surface area contributed by atoms with E-state index < -0.39 is 15.9 Å². The fourth-order valence-electron chi connectivity index (χ4n) is 2.40. The summed E-state index contributed by atoms with van der Waals surface area (Å²) in [4.78, 5) is 25.2. The van der Waals surface area contributed by atoms with Gasteiger partial charge >= 0.3 is 0 Å². The second kappa shape index (κ2) is 8.99. The molecule has 0 fully saturated rings. The van der Waals surface area contributed by atoms with Gasteiger partial charge in [-0.3, -0.25) is 9.59 Å². The van der Waals surface area contributed by atoms with E-state index in [4.69, 9.17) is 0 Å². The van der Waals surface area contributed by atoms with Crippen LogP contribution in [0.15, 0.2) is 53.4 Å². The van der Waals surface area contributed by atoms with Gasteiger partial charge in [0.2, 0.25) is 10.0 Å². The number of hydrogen-bond donors (Lipinski definition) is 2. The molecule has 1 atom stereocenters. The lowest BCUT2D eigenvalue weighted by molar-refractivity contribution is 0.0940. The molecule has 7 nitrogen and oxygen atoms in total. The molecule has 2 N–H and O–H groups in total. The molecule has 28 heavy (non-hydrogen) atoms. The monoisotopic (exact) mass is 403 g/mol. The number of hydrogen-bond acceptors (Lipinski definition) is 4. The largest absolute Gasteiger partial charge is 0.350 e. The highest BCUT2D eigenvalue weighted by Gasteiger charge is 2.20. The van der Waals surface area contributed by atoms with Crippen LogP contribution in [0.1, 0.15) is 41.0 Å². The van der Waals surface area contributed by atoms with Crippen LogP contribution in [-0.2, 0) is 10.0 Å². The minimum Gasteiger partial charge on any atom is -0.350 e. The van der Waals surface area contributed by atoms with E-state index in [9.17, 15) is 18.0 Å². The highest BCUT2D eigenvalue weighted by Crippen LogP contribution is 2.19. The summed E-state index contributed by atoms with van der Waals surface area (Å²) in [5, 5.41) is 5.56. The lowest BCUT2D eigenvalue weighted by atomic mass is 10.1. The van der Waals surface area contributed by atoms with Crippen molar-refractivity contribution in [3.05, 3.63) is 59.7 Å². The predicted molar refractivity (Wildman–Crippen MR) is 109 cm³/mol. The zero-order valence-electron chi connectivity index (χ0n) is 16.4. The molecule has 2 aromatic rings. The van der Waals surface area contributed by atoms with Crippen molar-refractivity contribution in [2.75, 3.05) is 19.4 Å². The van der Waals surface area contributed by atoms with E-state index >= 15 is 0 Å². The van der Waals surface area contributed by atoms with Gasteiger partial charge in [0.05, 0.1) is 16.1 Å². The molecule has 0 saturated heterocycles. The van der Waals surface area contributed by atoms with Gasteiger partial charge in [-0.1, -0.05) is 25.1 Å². The second-order valence-corrected chi connectivity index (χ2v) is 8.75. The van der Waals surface area contributed by atoms with Gasteiger partial charge in [-0.05, 0) is 43.7 Å². The normalized spacial score (nSPS) is 12.5. The SMILES string of the molecule is CC[C@@H](C)NC(=O)c1ccccc1NC(=O)c1cccc(S(=O)(=O)N(C)C)c1. The van der Waals surface area contributed by atoms with Crippen LogP contribution >= 0.6 is 0 Å². The van der Waals surface area contributed by atoms with Crippen molar-refractivity contribution in [2.45, 2.75) is 31.2 Å². The van der Waals surface area contributed by atoms with E-state index in [1.54, 1.807) is 24.3 Å². The Morgan fingerprint density at radius 2 is 1.71 bits per heavy atom. The van der Waals surface area contributed by atoms with Crippen LogP contribution in [0, 0.1) is 0 Å². The number of amides is 2. The number of carbonyl (C=O) groups is 2. The molecular formula is C20H25N3O4S. The first-order valence-electron chi connectivity index (χ1n) is 8.90. The Bertz CT molecular complexity index is 971. The maximum Gasteiger partial charge on any atom is 0.255 e. The van der Waals surface area contributed by atoms with Gasteiger partial charge in [0.25, 0.3) is 11.8 Å². The van der Waals surface area contributed by atoms with Crippen LogP contribution in [0.5, 0.6) is 0 Å². The maximum atomic E-state index is 12.7. The summed E-state index contributed by atoms with van der Waals surface area (Å²) in [5.41, 5.74) is 0.877. The second-order valence-electron chi connectivity index (χ2n) is 6.60. The number of benzene rings is 2. The van der Waals surface area contributed by atoms with Crippen molar-refractivity contribution in [3.63, 3.8) is 0 Å². The number of para-hydroxylation sites is 1. The first-order valence-corrected chi connectivity index (χ1v) is 10.3. The predicted octanol–water partition coefficient (Wildman–Crippen LogP) is 2.72. The topological polar surface area (TPSA) is 95.6 Å². The van der Waals surface area contributed by atoms with Gasteiger partial charge in [-0.25, -0.2) is 12.7 Å². The maximum absolute atomic E-state index is 12.7. The molecule has 0 heterocycles. The third-order valence-electron chi connectivity index (χ3n) is 4.28. The third kappa shape index (κ3) is 4.96. The molecule has 150 valence electrons. The molecule has 2 aromatic carbocycles. The number of sulfonamides is 1. The molecule has 0 aliphatic carbocycles. The minimum atomic E-state index is -3.65. The fraction of sp³-hybridized carbons (Fsp3) is 0.300. The molecule has 2 amide bonds. The Kier molecular flexibility index (Phi) is 6.93. The first kappa shape index (κ1) is 21.6. The van der Waals surface area contributed by atoms with Crippen LogP contribution < -0.4 is 10.6 Å². The van der Waals surface area contributed by atoms with Crippen LogP contribution in [0.4, 0.5) is 5.69 Å². The zero-order chi connectivity index (χ0) is 20.9. The standard InChI is InChI=1S/C20H25N3O4S/c1-5-14(2)21-20(25)17-11-6-7-12-18(17)22-19(24)15-9-8-10-16(13-15)28(26,27)23(3)4/h6-14H,5H2,1-4H3,(H,21,25)(H,22,24)/t14-/m1/s1. The van der Waals surface area contributed by atoms with Crippen molar-refractivity contribution >= 4 is 27.5 Å². The van der Waals surface area contributed by atoms with Crippen LogP contribution in [0.2, 0.25) is 0 Å². The summed E-state index contributed by atoms with van der Waals surface area (Å²) in [6.45, 7) is 3.86. The molecule has 0 saturated carbocycles. The van der Waals surface area contributed by atoms with Crippen LogP contribution in [0.25, 0.3) is 0 Å². The Morgan fingerprint density at radius 3 is 2.36 bits per heavy atom. The third-order valence-corrected chi connectivity index (χ3v) is 6.10. The first-order chi connectivity index (χ1) is 13.2. The Labute approximate surface area is 165 Å². The van der Waals surface area contributed by atoms with Gasteiger partial charge in [0.1, 0.15) is 0 Å². The summed E-state index contributed by atoms with van der Waals surface area (Å²) in [6.07, 6.45) is 0.785. The van der Waals surface area contributed by atoms with E-state index in [1.807, 2.05) is 13.8 Å². The Hall–Kier alpha value is -2.71. The average Bonchev–Trinajstić information content (AvgIpc) is 2.68. The quantitative estimate of drug-likeness (QED) is 0.743. The summed E-state index contributed by atoms with van der Waals surface area (Å²) >= 11 is 0. The number of nitrogens with one attached hydrogen (secondary N) is 2. The van der Waals surface area contributed by atoms with Gasteiger partial charge in [0.15, 0.2) is 0 Å². The van der Waals surface area contributed by atoms with Gasteiger partial charge in [-0.2, -0.15) is 0 Å². The number of rotatable bonds is 7. The van der Waals surface area contributed by atoms with Crippen molar-refractivity contribution in [1.29, 1.82) is 0 Å². The van der Waals surface area contributed by atoms with Crippen LogP contribution in [-0.4, -0.2) is 44.7 Å². The van der Waals surface area contributed by atoms with Crippen molar-refractivity contribution in [1.82, 2.24) is 9.62 Å². The van der Waals surface area contributed by atoms with E-state index in [0.29, 0.717) is 11.3 Å². The number of carbonyl (C=O) groups excluding carboxylic acids is 2. The van der Waals surface area contributed by atoms with Crippen molar-refractivity contribution in [3.8, 4) is 0 Å². The summed E-state index contributed by atoms with van der Waals surface area (Å²) in [5.74, 6) is -0.784. The Balaban J connectivity index is 2.28. The lowest BCUT2D eigenvalue weighted by Gasteiger charge is -2.15. The van der Waals surface area contributed by atoms with Crippen molar-refractivity contribution in [2.24, 2.45) is 0 Å². The molecular weight excluding hydrogens is 378 g/mol. The zero-order valence-corrected chi connectivity index (χ0v) is 17.2. The van der Waals surface area contributed by atoms with Gasteiger partial charge in [0, 0.05) is 25.7 Å². The summed E-state index contributed by atoms with van der Waals surface area (Å²) in [6, 6.07) is 12.5. The molecule has 2 rings (SSSR count). The lowest BCUT2D eigenvalue weighted by Crippen LogP contribution is -2.32. The summed E-state index contributed by atoms with van der Waals surface area (Å²) in [7, 11) is -0.805. The molecule has 8 heteroatoms. The number of nitrogens with zero attached hydrogens (tertiary/aromatic N) is 1. The van der Waals surface area contributed by atoms with E-state index in [1.165, 1.54) is 38.4 Å². The van der Waals surface area contributed by atoms with E-state index in [-0.39, 0.29) is 22.4 Å². The highest BCUT2D eigenvalue weighted by molar-refractivity contribution is 7.89. The highest BCUT2D eigenvalue weighted by atomic mass is 32.2. The Morgan fingerprint density at radius 1 is 1.04 bits per heavy atom. The average molecular weight is 404 g/mol. The van der Waals surface area contributed by atoms with Crippen molar-refractivity contribution < 1.29 is 18.0 Å². The fourth-order valence-corrected chi connectivity index (χ4v) is 3.34. The van der Waals surface area contributed by atoms with E-state index in [2.05, 4.69) is 10.6 Å². The molecule has 0 aliphatic rings. The molecule has 0 spiro atoms. The molecule has 0 unspecified atom stereocenters. The molecule has 0 radical (unpaired) electrons. The van der Waals surface area contributed by atoms with Crippen LogP contribution in [0.3, 0.4) is 0 Å². The summed E-state index contributed by atoms with van der Waals surface area (Å²) < 4.78 is 25.6.